The van der Waals surface area contributed by atoms with Gasteiger partial charge in [-0.05, 0) is 24.8 Å². The average molecular weight is 307 g/mol. The SMILES string of the molecule is COc1nc2sccn2c1CNCCC1CCC(C)CC1. The Morgan fingerprint density at radius 2 is 2.19 bits per heavy atom. The Morgan fingerprint density at radius 3 is 2.95 bits per heavy atom. The molecule has 3 rings (SSSR count). The summed E-state index contributed by atoms with van der Waals surface area (Å²) < 4.78 is 7.51. The van der Waals surface area contributed by atoms with E-state index in [4.69, 9.17) is 4.74 Å². The van der Waals surface area contributed by atoms with Gasteiger partial charge in [0.05, 0.1) is 7.11 Å². The molecule has 0 aromatic carbocycles. The molecule has 0 saturated heterocycles. The van der Waals surface area contributed by atoms with E-state index in [9.17, 15) is 0 Å². The second-order valence-corrected chi connectivity index (χ2v) is 7.09. The number of methoxy groups -OCH3 is 1. The minimum Gasteiger partial charge on any atom is -0.480 e. The van der Waals surface area contributed by atoms with Crippen molar-refractivity contribution in [3.63, 3.8) is 0 Å². The number of thiazole rings is 1. The van der Waals surface area contributed by atoms with Gasteiger partial charge in [0, 0.05) is 18.1 Å². The van der Waals surface area contributed by atoms with Crippen molar-refractivity contribution in [1.29, 1.82) is 0 Å². The summed E-state index contributed by atoms with van der Waals surface area (Å²) in [6.45, 7) is 4.29. The first-order chi connectivity index (χ1) is 10.3. The molecule has 0 radical (unpaired) electrons. The van der Waals surface area contributed by atoms with Crippen LogP contribution >= 0.6 is 11.3 Å². The van der Waals surface area contributed by atoms with Crippen LogP contribution in [-0.2, 0) is 6.54 Å². The molecule has 2 aromatic rings. The summed E-state index contributed by atoms with van der Waals surface area (Å²) in [5, 5.41) is 5.63. The van der Waals surface area contributed by atoms with Gasteiger partial charge in [-0.2, -0.15) is 4.98 Å². The van der Waals surface area contributed by atoms with Crippen LogP contribution < -0.4 is 10.1 Å². The van der Waals surface area contributed by atoms with Crippen molar-refractivity contribution >= 4 is 16.3 Å². The maximum atomic E-state index is 5.38. The molecule has 1 fully saturated rings. The third-order valence-corrected chi connectivity index (χ3v) is 5.43. The number of nitrogens with one attached hydrogen (secondary N) is 1. The highest BCUT2D eigenvalue weighted by atomic mass is 32.1. The number of nitrogens with zero attached hydrogens (tertiary/aromatic N) is 2. The molecule has 0 bridgehead atoms. The fourth-order valence-electron chi connectivity index (χ4n) is 3.27. The molecule has 0 spiro atoms. The average Bonchev–Trinajstić information content (AvgIpc) is 3.06. The third-order valence-electron chi connectivity index (χ3n) is 4.67. The van der Waals surface area contributed by atoms with E-state index in [0.29, 0.717) is 0 Å². The fourth-order valence-corrected chi connectivity index (χ4v) is 3.99. The monoisotopic (exact) mass is 307 g/mol. The minimum absolute atomic E-state index is 0.751. The molecule has 4 nitrogen and oxygen atoms in total. The van der Waals surface area contributed by atoms with Crippen molar-refractivity contribution < 1.29 is 4.74 Å². The first kappa shape index (κ1) is 14.9. The molecule has 5 heteroatoms. The molecule has 0 unspecified atom stereocenters. The molecule has 2 heterocycles. The number of hydrogen-bond donors (Lipinski definition) is 1. The number of ether oxygens (including phenoxy) is 1. The van der Waals surface area contributed by atoms with Crippen molar-refractivity contribution in [2.75, 3.05) is 13.7 Å². The highest BCUT2D eigenvalue weighted by molar-refractivity contribution is 7.15. The minimum atomic E-state index is 0.751. The van der Waals surface area contributed by atoms with E-state index in [1.807, 2.05) is 0 Å². The lowest BCUT2D eigenvalue weighted by Gasteiger charge is -2.26. The van der Waals surface area contributed by atoms with Gasteiger partial charge in [-0.15, -0.1) is 11.3 Å². The van der Waals surface area contributed by atoms with Gasteiger partial charge in [0.1, 0.15) is 5.69 Å². The first-order valence-corrected chi connectivity index (χ1v) is 8.85. The van der Waals surface area contributed by atoms with Crippen molar-refractivity contribution in [3.05, 3.63) is 17.3 Å². The van der Waals surface area contributed by atoms with E-state index >= 15 is 0 Å². The Balaban J connectivity index is 1.49. The molecule has 21 heavy (non-hydrogen) atoms. The smallest absolute Gasteiger partial charge is 0.237 e. The number of imidazole rings is 1. The van der Waals surface area contributed by atoms with Gasteiger partial charge in [0.2, 0.25) is 5.88 Å². The molecule has 2 aromatic heterocycles. The van der Waals surface area contributed by atoms with E-state index in [2.05, 4.69) is 33.2 Å². The zero-order chi connectivity index (χ0) is 14.7. The summed E-state index contributed by atoms with van der Waals surface area (Å²) in [7, 11) is 1.69. The van der Waals surface area contributed by atoms with Crippen molar-refractivity contribution in [1.82, 2.24) is 14.7 Å². The largest absolute Gasteiger partial charge is 0.480 e. The molecule has 0 amide bonds. The van der Waals surface area contributed by atoms with Crippen molar-refractivity contribution in [2.45, 2.75) is 45.6 Å². The zero-order valence-electron chi connectivity index (χ0n) is 13.0. The predicted molar refractivity (Wildman–Crippen MR) is 87.1 cm³/mol. The maximum Gasteiger partial charge on any atom is 0.237 e. The van der Waals surface area contributed by atoms with Gasteiger partial charge in [0.25, 0.3) is 0 Å². The molecule has 1 aliphatic rings. The summed E-state index contributed by atoms with van der Waals surface area (Å²) in [5.41, 5.74) is 1.13. The molecule has 0 aliphatic heterocycles. The van der Waals surface area contributed by atoms with Crippen LogP contribution in [0.5, 0.6) is 5.88 Å². The number of fused-ring (bicyclic) bond motifs is 1. The lowest BCUT2D eigenvalue weighted by atomic mass is 9.81. The van der Waals surface area contributed by atoms with Crippen LogP contribution in [0.3, 0.4) is 0 Å². The Bertz CT molecular complexity index is 569. The molecular formula is C16H25N3OS. The molecule has 1 N–H and O–H groups in total. The summed E-state index contributed by atoms with van der Waals surface area (Å²) in [6.07, 6.45) is 9.00. The second-order valence-electron chi connectivity index (χ2n) is 6.21. The van der Waals surface area contributed by atoms with Crippen LogP contribution in [0, 0.1) is 11.8 Å². The number of rotatable bonds is 6. The highest BCUT2D eigenvalue weighted by Crippen LogP contribution is 2.30. The van der Waals surface area contributed by atoms with E-state index in [-0.39, 0.29) is 0 Å². The quantitative estimate of drug-likeness (QED) is 0.827. The Labute approximate surface area is 130 Å². The van der Waals surface area contributed by atoms with Gasteiger partial charge in [-0.1, -0.05) is 32.6 Å². The summed E-state index contributed by atoms with van der Waals surface area (Å²) in [4.78, 5) is 5.49. The Hall–Kier alpha value is -1.07. The Kier molecular flexibility index (Phi) is 4.80. The predicted octanol–water partition coefficient (Wildman–Crippen LogP) is 3.71. The second kappa shape index (κ2) is 6.79. The highest BCUT2D eigenvalue weighted by Gasteiger charge is 2.18. The standard InChI is InChI=1S/C16H25N3OS/c1-12-3-5-13(6-4-12)7-8-17-11-14-15(20-2)18-16-19(14)9-10-21-16/h9-10,12-13,17H,3-8,11H2,1-2H3. The topological polar surface area (TPSA) is 38.6 Å². The van der Waals surface area contributed by atoms with Crippen LogP contribution in [0.25, 0.3) is 4.96 Å². The first-order valence-electron chi connectivity index (χ1n) is 7.97. The number of aromatic nitrogens is 2. The van der Waals surface area contributed by atoms with Gasteiger partial charge in [-0.3, -0.25) is 4.40 Å². The van der Waals surface area contributed by atoms with Gasteiger partial charge < -0.3 is 10.1 Å². The third kappa shape index (κ3) is 3.40. The maximum absolute atomic E-state index is 5.38. The lowest BCUT2D eigenvalue weighted by molar-refractivity contribution is 0.275. The molecular weight excluding hydrogens is 282 g/mol. The zero-order valence-corrected chi connectivity index (χ0v) is 13.8. The summed E-state index contributed by atoms with van der Waals surface area (Å²) in [6, 6.07) is 0. The molecule has 1 aliphatic carbocycles. The van der Waals surface area contributed by atoms with E-state index in [1.165, 1.54) is 32.1 Å². The van der Waals surface area contributed by atoms with Crippen LogP contribution in [0.4, 0.5) is 0 Å². The number of hydrogen-bond acceptors (Lipinski definition) is 4. The van der Waals surface area contributed by atoms with E-state index < -0.39 is 0 Å². The summed E-state index contributed by atoms with van der Waals surface area (Å²) >= 11 is 1.64. The van der Waals surface area contributed by atoms with E-state index in [1.54, 1.807) is 18.4 Å². The van der Waals surface area contributed by atoms with Crippen molar-refractivity contribution in [2.24, 2.45) is 11.8 Å². The summed E-state index contributed by atoms with van der Waals surface area (Å²) in [5.74, 6) is 2.61. The normalized spacial score (nSPS) is 22.8. The lowest BCUT2D eigenvalue weighted by Crippen LogP contribution is -2.21. The Morgan fingerprint density at radius 1 is 1.38 bits per heavy atom. The fraction of sp³-hybridized carbons (Fsp3) is 0.688. The van der Waals surface area contributed by atoms with Crippen LogP contribution in [0.15, 0.2) is 11.6 Å². The van der Waals surface area contributed by atoms with Gasteiger partial charge in [-0.25, -0.2) is 0 Å². The van der Waals surface area contributed by atoms with Crippen LogP contribution in [-0.4, -0.2) is 23.0 Å². The molecule has 1 saturated carbocycles. The van der Waals surface area contributed by atoms with Gasteiger partial charge in [0.15, 0.2) is 4.96 Å². The van der Waals surface area contributed by atoms with E-state index in [0.717, 1.165) is 41.5 Å². The van der Waals surface area contributed by atoms with Crippen LogP contribution in [0.1, 0.15) is 44.7 Å². The van der Waals surface area contributed by atoms with Crippen molar-refractivity contribution in [3.8, 4) is 5.88 Å². The molecule has 116 valence electrons. The molecule has 0 atom stereocenters. The van der Waals surface area contributed by atoms with Crippen LogP contribution in [0.2, 0.25) is 0 Å². The van der Waals surface area contributed by atoms with Gasteiger partial charge >= 0.3 is 0 Å².